The van der Waals surface area contributed by atoms with E-state index in [0.717, 1.165) is 16.5 Å². The van der Waals surface area contributed by atoms with Crippen molar-refractivity contribution in [3.8, 4) is 0 Å². The summed E-state index contributed by atoms with van der Waals surface area (Å²) in [5, 5.41) is 0.983. The van der Waals surface area contributed by atoms with E-state index in [-0.39, 0.29) is 24.4 Å². The number of furan rings is 1. The van der Waals surface area contributed by atoms with Crippen LogP contribution in [0.25, 0.3) is 11.0 Å². The molecule has 0 N–H and O–H groups in total. The fourth-order valence-electron chi connectivity index (χ4n) is 2.37. The van der Waals surface area contributed by atoms with Crippen LogP contribution in [0.2, 0.25) is 0 Å². The van der Waals surface area contributed by atoms with Gasteiger partial charge in [0.2, 0.25) is 0 Å². The second kappa shape index (κ2) is 6.35. The maximum atomic E-state index is 12.0. The van der Waals surface area contributed by atoms with E-state index in [1.54, 1.807) is 24.6 Å². The molecule has 0 atom stereocenters. The van der Waals surface area contributed by atoms with Crippen molar-refractivity contribution in [3.05, 3.63) is 66.2 Å². The molecule has 22 heavy (non-hydrogen) atoms. The highest BCUT2D eigenvalue weighted by molar-refractivity contribution is 5.98. The van der Waals surface area contributed by atoms with Crippen LogP contribution in [0, 0.1) is 0 Å². The first-order valence-corrected chi connectivity index (χ1v) is 7.13. The van der Waals surface area contributed by atoms with E-state index < -0.39 is 0 Å². The lowest BCUT2D eigenvalue weighted by Crippen LogP contribution is -2.07. The minimum atomic E-state index is -0.0493. The van der Waals surface area contributed by atoms with Gasteiger partial charge in [-0.25, -0.2) is 0 Å². The smallest absolute Gasteiger partial charge is 0.164 e. The Kier molecular flexibility index (Phi) is 4.10. The van der Waals surface area contributed by atoms with Crippen molar-refractivity contribution < 1.29 is 14.0 Å². The molecular weight excluding hydrogens is 278 g/mol. The molecule has 2 heterocycles. The van der Waals surface area contributed by atoms with E-state index in [1.807, 2.05) is 24.3 Å². The topological polar surface area (TPSA) is 60.2 Å². The van der Waals surface area contributed by atoms with Crippen LogP contribution in [0.4, 0.5) is 0 Å². The number of ketones is 2. The van der Waals surface area contributed by atoms with Crippen molar-refractivity contribution in [2.45, 2.75) is 19.3 Å². The Bertz CT molecular complexity index is 805. The van der Waals surface area contributed by atoms with Crippen LogP contribution in [0.3, 0.4) is 0 Å². The van der Waals surface area contributed by atoms with Gasteiger partial charge in [-0.1, -0.05) is 6.07 Å². The molecule has 0 amide bonds. The number of fused-ring (bicyclic) bond motifs is 1. The monoisotopic (exact) mass is 293 g/mol. The van der Waals surface area contributed by atoms with E-state index in [2.05, 4.69) is 4.98 Å². The normalized spacial score (nSPS) is 10.7. The molecule has 0 radical (unpaired) electrons. The van der Waals surface area contributed by atoms with Gasteiger partial charge in [-0.15, -0.1) is 0 Å². The van der Waals surface area contributed by atoms with Gasteiger partial charge in [0, 0.05) is 42.6 Å². The lowest BCUT2D eigenvalue weighted by Gasteiger charge is -2.02. The van der Waals surface area contributed by atoms with Crippen LogP contribution < -0.4 is 0 Å². The van der Waals surface area contributed by atoms with Gasteiger partial charge < -0.3 is 4.42 Å². The van der Waals surface area contributed by atoms with E-state index in [9.17, 15) is 9.59 Å². The third kappa shape index (κ3) is 3.28. The van der Waals surface area contributed by atoms with Gasteiger partial charge in [-0.05, 0) is 35.9 Å². The van der Waals surface area contributed by atoms with Gasteiger partial charge in [0.1, 0.15) is 11.4 Å². The zero-order chi connectivity index (χ0) is 15.4. The number of benzene rings is 1. The Morgan fingerprint density at radius 2 is 2.00 bits per heavy atom. The molecule has 0 fully saturated rings. The Morgan fingerprint density at radius 3 is 2.82 bits per heavy atom. The number of carbonyl (C=O) groups is 2. The summed E-state index contributed by atoms with van der Waals surface area (Å²) in [4.78, 5) is 27.9. The van der Waals surface area contributed by atoms with Crippen molar-refractivity contribution in [2.75, 3.05) is 0 Å². The van der Waals surface area contributed by atoms with E-state index >= 15 is 0 Å². The molecule has 4 nitrogen and oxygen atoms in total. The molecule has 0 aliphatic carbocycles. The lowest BCUT2D eigenvalue weighted by atomic mass is 10.0. The van der Waals surface area contributed by atoms with Crippen molar-refractivity contribution >= 4 is 22.5 Å². The number of rotatable bonds is 6. The highest BCUT2D eigenvalue weighted by Crippen LogP contribution is 2.18. The molecule has 4 heteroatoms. The minimum absolute atomic E-state index is 0.0493. The van der Waals surface area contributed by atoms with Gasteiger partial charge in [-0.3, -0.25) is 14.6 Å². The summed E-state index contributed by atoms with van der Waals surface area (Å²) < 4.78 is 5.27. The average Bonchev–Trinajstić information content (AvgIpc) is 3.01. The van der Waals surface area contributed by atoms with Crippen molar-refractivity contribution in [3.63, 3.8) is 0 Å². The predicted molar refractivity (Wildman–Crippen MR) is 82.7 cm³/mol. The number of aromatic nitrogens is 1. The largest absolute Gasteiger partial charge is 0.464 e. The van der Waals surface area contributed by atoms with Crippen molar-refractivity contribution in [2.24, 2.45) is 0 Å². The summed E-state index contributed by atoms with van der Waals surface area (Å²) in [7, 11) is 0. The zero-order valence-electron chi connectivity index (χ0n) is 12.0. The average molecular weight is 293 g/mol. The molecule has 3 rings (SSSR count). The number of Topliss-reactive ketones (excluding diaryl/α,β-unsaturated/α-hetero) is 2. The van der Waals surface area contributed by atoms with E-state index in [0.29, 0.717) is 12.0 Å². The minimum Gasteiger partial charge on any atom is -0.464 e. The molecule has 1 aromatic carbocycles. The van der Waals surface area contributed by atoms with Crippen LogP contribution in [-0.2, 0) is 11.2 Å². The van der Waals surface area contributed by atoms with Crippen molar-refractivity contribution in [1.29, 1.82) is 0 Å². The fourth-order valence-corrected chi connectivity index (χ4v) is 2.37. The molecule has 0 spiro atoms. The molecule has 3 aromatic rings. The Labute approximate surface area is 127 Å². The van der Waals surface area contributed by atoms with Gasteiger partial charge in [0.05, 0.1) is 6.26 Å². The maximum absolute atomic E-state index is 12.0. The number of hydrogen-bond donors (Lipinski definition) is 0. The van der Waals surface area contributed by atoms with Gasteiger partial charge in [0.25, 0.3) is 0 Å². The third-order valence-corrected chi connectivity index (χ3v) is 3.53. The SMILES string of the molecule is O=C(CCC(=O)c1cccnc1)Cc1ccc2occc2c1. The fraction of sp³-hybridized carbons (Fsp3) is 0.167. The maximum Gasteiger partial charge on any atom is 0.164 e. The van der Waals surface area contributed by atoms with Crippen LogP contribution in [-0.4, -0.2) is 16.6 Å². The molecule has 2 aromatic heterocycles. The quantitative estimate of drug-likeness (QED) is 0.651. The van der Waals surface area contributed by atoms with Gasteiger partial charge in [-0.2, -0.15) is 0 Å². The highest BCUT2D eigenvalue weighted by atomic mass is 16.3. The molecule has 0 aliphatic rings. The number of nitrogens with zero attached hydrogens (tertiary/aromatic N) is 1. The standard InChI is InChI=1S/C18H15NO3/c20-16(4-5-17(21)15-2-1-8-19-12-15)11-13-3-6-18-14(10-13)7-9-22-18/h1-3,6-10,12H,4-5,11H2. The van der Waals surface area contributed by atoms with E-state index in [1.165, 1.54) is 6.20 Å². The first-order valence-electron chi connectivity index (χ1n) is 7.13. The van der Waals surface area contributed by atoms with Crippen LogP contribution in [0.1, 0.15) is 28.8 Å². The molecule has 0 unspecified atom stereocenters. The first kappa shape index (κ1) is 14.2. The Hall–Kier alpha value is -2.75. The van der Waals surface area contributed by atoms with E-state index in [4.69, 9.17) is 4.42 Å². The van der Waals surface area contributed by atoms with Gasteiger partial charge in [0.15, 0.2) is 5.78 Å². The van der Waals surface area contributed by atoms with Crippen molar-refractivity contribution in [1.82, 2.24) is 4.98 Å². The molecule has 0 saturated heterocycles. The summed E-state index contributed by atoms with van der Waals surface area (Å²) in [6.45, 7) is 0. The Morgan fingerprint density at radius 1 is 1.09 bits per heavy atom. The summed E-state index contributed by atoms with van der Waals surface area (Å²) in [6.07, 6.45) is 5.58. The molecule has 0 aliphatic heterocycles. The second-order valence-electron chi connectivity index (χ2n) is 5.17. The highest BCUT2D eigenvalue weighted by Gasteiger charge is 2.10. The zero-order valence-corrected chi connectivity index (χ0v) is 12.0. The Balaban J connectivity index is 1.57. The van der Waals surface area contributed by atoms with Gasteiger partial charge >= 0.3 is 0 Å². The molecule has 110 valence electrons. The van der Waals surface area contributed by atoms with Crippen LogP contribution in [0.15, 0.2) is 59.5 Å². The molecular formula is C18H15NO3. The van der Waals surface area contributed by atoms with Crippen LogP contribution >= 0.6 is 0 Å². The van der Waals surface area contributed by atoms with Crippen LogP contribution in [0.5, 0.6) is 0 Å². The molecule has 0 saturated carbocycles. The summed E-state index contributed by atoms with van der Waals surface area (Å²) >= 11 is 0. The number of hydrogen-bond acceptors (Lipinski definition) is 4. The third-order valence-electron chi connectivity index (χ3n) is 3.53. The lowest BCUT2D eigenvalue weighted by molar-refractivity contribution is -0.118. The first-order chi connectivity index (χ1) is 10.7. The molecule has 0 bridgehead atoms. The summed E-state index contributed by atoms with van der Waals surface area (Å²) in [5.41, 5.74) is 2.30. The number of pyridine rings is 1. The summed E-state index contributed by atoms with van der Waals surface area (Å²) in [5.74, 6) is 0.00632. The predicted octanol–water partition coefficient (Wildman–Crippen LogP) is 3.60. The second-order valence-corrected chi connectivity index (χ2v) is 5.17. The summed E-state index contributed by atoms with van der Waals surface area (Å²) in [6, 6.07) is 11.0. The number of carbonyl (C=O) groups excluding carboxylic acids is 2.